The summed E-state index contributed by atoms with van der Waals surface area (Å²) in [7, 11) is 0. The zero-order chi connectivity index (χ0) is 25.8. The number of rotatable bonds is 0. The standard InChI is InChI=1S/C17H22OS2.C15H18O2/c1-16-6-7-17(19-8-9-20-17)11-13(16)3-2-12-10-14(18)4-5-15(12)16;1-15-7-6-13(17)9-11(15)3-2-10-8-12(16)4-5-14(10)15/h4-5,10,13,18H,2-3,6-9,11H2,1H3;4-5,8,11,16H,2-3,6-7,9H2,1H3/t13-,16-;11-,15-/m11/s1. The van der Waals surface area contributed by atoms with Crippen LogP contribution < -0.4 is 0 Å². The molecule has 1 spiro atoms. The first-order valence-electron chi connectivity index (χ1n) is 14.2. The summed E-state index contributed by atoms with van der Waals surface area (Å²) < 4.78 is 0.540. The summed E-state index contributed by atoms with van der Waals surface area (Å²) in [5.74, 6) is 5.23. The van der Waals surface area contributed by atoms with Crippen molar-refractivity contribution in [2.24, 2.45) is 11.8 Å². The molecule has 2 aromatic rings. The number of ketones is 1. The van der Waals surface area contributed by atoms with Crippen LogP contribution in [-0.4, -0.2) is 31.6 Å². The Bertz CT molecular complexity index is 1200. The number of phenols is 2. The first-order chi connectivity index (χ1) is 17.7. The first-order valence-corrected chi connectivity index (χ1v) is 16.1. The molecule has 5 heteroatoms. The van der Waals surface area contributed by atoms with Crippen LogP contribution in [-0.2, 0) is 28.5 Å². The summed E-state index contributed by atoms with van der Waals surface area (Å²) in [5.41, 5.74) is 6.05. The van der Waals surface area contributed by atoms with Crippen molar-refractivity contribution in [1.29, 1.82) is 0 Å². The van der Waals surface area contributed by atoms with E-state index in [-0.39, 0.29) is 5.41 Å². The number of fused-ring (bicyclic) bond motifs is 6. The Hall–Kier alpha value is -1.59. The smallest absolute Gasteiger partial charge is 0.133 e. The van der Waals surface area contributed by atoms with E-state index in [1.165, 1.54) is 59.4 Å². The summed E-state index contributed by atoms with van der Waals surface area (Å²) in [6.07, 6.45) is 11.0. The van der Waals surface area contributed by atoms with Crippen molar-refractivity contribution in [2.45, 2.75) is 93.0 Å². The molecule has 0 aromatic heterocycles. The number of thioether (sulfide) groups is 2. The van der Waals surface area contributed by atoms with E-state index < -0.39 is 0 Å². The monoisotopic (exact) mass is 536 g/mol. The second-order valence-corrected chi connectivity index (χ2v) is 15.8. The topological polar surface area (TPSA) is 57.5 Å². The van der Waals surface area contributed by atoms with Crippen LogP contribution in [0.1, 0.15) is 87.5 Å². The molecule has 7 rings (SSSR count). The van der Waals surface area contributed by atoms with Gasteiger partial charge in [0.1, 0.15) is 17.3 Å². The molecule has 0 bridgehead atoms. The van der Waals surface area contributed by atoms with E-state index in [1.807, 2.05) is 18.2 Å². The molecule has 1 aliphatic heterocycles. The minimum atomic E-state index is 0.148. The number of Topliss-reactive ketones (excluding diaryl/α,β-unsaturated/α-hetero) is 1. The molecule has 0 amide bonds. The van der Waals surface area contributed by atoms with Gasteiger partial charge in [0, 0.05) is 24.3 Å². The Morgan fingerprint density at radius 3 is 1.95 bits per heavy atom. The van der Waals surface area contributed by atoms with E-state index in [4.69, 9.17) is 0 Å². The Morgan fingerprint density at radius 1 is 0.757 bits per heavy atom. The van der Waals surface area contributed by atoms with Crippen LogP contribution in [0.25, 0.3) is 0 Å². The number of aromatic hydroxyl groups is 2. The third-order valence-electron chi connectivity index (χ3n) is 10.5. The lowest BCUT2D eigenvalue weighted by atomic mass is 9.58. The van der Waals surface area contributed by atoms with Gasteiger partial charge in [-0.05, 0) is 121 Å². The van der Waals surface area contributed by atoms with Crippen LogP contribution in [0.2, 0.25) is 0 Å². The number of carbonyl (C=O) groups is 1. The quantitative estimate of drug-likeness (QED) is 0.364. The molecule has 2 N–H and O–H groups in total. The fourth-order valence-electron chi connectivity index (χ4n) is 8.22. The van der Waals surface area contributed by atoms with Crippen molar-refractivity contribution in [3.8, 4) is 11.5 Å². The van der Waals surface area contributed by atoms with E-state index in [0.717, 1.165) is 38.0 Å². The number of hydrogen-bond acceptors (Lipinski definition) is 5. The van der Waals surface area contributed by atoms with Gasteiger partial charge in [0.05, 0.1) is 4.08 Å². The zero-order valence-electron chi connectivity index (χ0n) is 22.2. The van der Waals surface area contributed by atoms with Crippen LogP contribution in [0.15, 0.2) is 36.4 Å². The van der Waals surface area contributed by atoms with Crippen LogP contribution in [0.3, 0.4) is 0 Å². The minimum absolute atomic E-state index is 0.148. The second kappa shape index (κ2) is 9.55. The van der Waals surface area contributed by atoms with Crippen molar-refractivity contribution in [2.75, 3.05) is 11.5 Å². The number of aryl methyl sites for hydroxylation is 2. The molecule has 3 fully saturated rings. The lowest BCUT2D eigenvalue weighted by molar-refractivity contribution is -0.123. The fraction of sp³-hybridized carbons (Fsp3) is 0.594. The van der Waals surface area contributed by atoms with E-state index in [0.29, 0.717) is 39.1 Å². The lowest BCUT2D eigenvalue weighted by Crippen LogP contribution is -2.45. The highest BCUT2D eigenvalue weighted by Crippen LogP contribution is 2.61. The van der Waals surface area contributed by atoms with Crippen molar-refractivity contribution >= 4 is 29.3 Å². The Labute approximate surface area is 230 Å². The van der Waals surface area contributed by atoms with Crippen molar-refractivity contribution in [3.63, 3.8) is 0 Å². The van der Waals surface area contributed by atoms with Crippen LogP contribution in [0, 0.1) is 11.8 Å². The highest BCUT2D eigenvalue weighted by atomic mass is 32.2. The molecule has 0 radical (unpaired) electrons. The summed E-state index contributed by atoms with van der Waals surface area (Å²) >= 11 is 4.45. The van der Waals surface area contributed by atoms with Crippen LogP contribution in [0.4, 0.5) is 0 Å². The molecule has 1 heterocycles. The van der Waals surface area contributed by atoms with Gasteiger partial charge in [-0.25, -0.2) is 0 Å². The average molecular weight is 537 g/mol. The summed E-state index contributed by atoms with van der Waals surface area (Å²) in [5, 5.41) is 19.3. The van der Waals surface area contributed by atoms with Gasteiger partial charge >= 0.3 is 0 Å². The van der Waals surface area contributed by atoms with Gasteiger partial charge in [-0.2, -0.15) is 0 Å². The third kappa shape index (κ3) is 4.52. The minimum Gasteiger partial charge on any atom is -0.508 e. The molecule has 2 saturated carbocycles. The predicted octanol–water partition coefficient (Wildman–Crippen LogP) is 7.54. The molecule has 4 aliphatic carbocycles. The molecule has 0 unspecified atom stereocenters. The van der Waals surface area contributed by atoms with E-state index in [2.05, 4.69) is 49.5 Å². The molecule has 4 atom stereocenters. The van der Waals surface area contributed by atoms with Gasteiger partial charge in [-0.15, -0.1) is 23.5 Å². The summed E-state index contributed by atoms with van der Waals surface area (Å²) in [6, 6.07) is 11.8. The molecular formula is C32H40O3S2. The normalized spacial score (nSPS) is 33.4. The highest BCUT2D eigenvalue weighted by Gasteiger charge is 2.51. The van der Waals surface area contributed by atoms with Crippen molar-refractivity contribution < 1.29 is 15.0 Å². The SMILES string of the molecule is C[C@@]12CCC(=O)C[C@H]1CCc1cc(O)ccc12.C[C@@]12CCC3(C[C@H]1CCc1cc(O)ccc12)SCCS3. The van der Waals surface area contributed by atoms with Gasteiger partial charge < -0.3 is 10.2 Å². The van der Waals surface area contributed by atoms with Crippen LogP contribution >= 0.6 is 23.5 Å². The molecule has 37 heavy (non-hydrogen) atoms. The van der Waals surface area contributed by atoms with E-state index >= 15 is 0 Å². The molecule has 1 saturated heterocycles. The lowest BCUT2D eigenvalue weighted by Gasteiger charge is -2.51. The van der Waals surface area contributed by atoms with Gasteiger partial charge in [-0.1, -0.05) is 26.0 Å². The van der Waals surface area contributed by atoms with E-state index in [9.17, 15) is 15.0 Å². The van der Waals surface area contributed by atoms with Crippen LogP contribution in [0.5, 0.6) is 11.5 Å². The zero-order valence-corrected chi connectivity index (χ0v) is 23.9. The maximum absolute atomic E-state index is 11.6. The number of carbonyl (C=O) groups excluding carboxylic acids is 1. The van der Waals surface area contributed by atoms with E-state index in [1.54, 1.807) is 6.07 Å². The molecular weight excluding hydrogens is 496 g/mol. The average Bonchev–Trinajstić information content (AvgIpc) is 3.33. The summed E-state index contributed by atoms with van der Waals surface area (Å²) in [4.78, 5) is 11.6. The number of phenolic OH excluding ortho intramolecular Hbond substituents is 2. The summed E-state index contributed by atoms with van der Waals surface area (Å²) in [6.45, 7) is 4.77. The van der Waals surface area contributed by atoms with Crippen molar-refractivity contribution in [3.05, 3.63) is 58.7 Å². The maximum Gasteiger partial charge on any atom is 0.133 e. The molecule has 198 valence electrons. The van der Waals surface area contributed by atoms with Gasteiger partial charge in [0.15, 0.2) is 0 Å². The Morgan fingerprint density at radius 2 is 1.32 bits per heavy atom. The third-order valence-corrected chi connectivity index (χ3v) is 14.1. The fourth-order valence-corrected chi connectivity index (χ4v) is 11.6. The highest BCUT2D eigenvalue weighted by molar-refractivity contribution is 8.21. The van der Waals surface area contributed by atoms with Gasteiger partial charge in [0.25, 0.3) is 0 Å². The predicted molar refractivity (Wildman–Crippen MR) is 155 cm³/mol. The Kier molecular flexibility index (Phi) is 6.63. The second-order valence-electron chi connectivity index (χ2n) is 12.5. The van der Waals surface area contributed by atoms with Crippen molar-refractivity contribution in [1.82, 2.24) is 0 Å². The first kappa shape index (κ1) is 25.7. The molecule has 2 aromatic carbocycles. The largest absolute Gasteiger partial charge is 0.508 e. The van der Waals surface area contributed by atoms with Gasteiger partial charge in [0.2, 0.25) is 0 Å². The number of benzene rings is 2. The number of hydrogen-bond donors (Lipinski definition) is 2. The Balaban J connectivity index is 0.000000138. The molecule has 5 aliphatic rings. The molecule has 3 nitrogen and oxygen atoms in total. The maximum atomic E-state index is 11.6. The van der Waals surface area contributed by atoms with Gasteiger partial charge in [-0.3, -0.25) is 4.79 Å².